The molecule has 2 heteroatoms. The van der Waals surface area contributed by atoms with Crippen molar-refractivity contribution in [2.24, 2.45) is 0 Å². The highest BCUT2D eigenvalue weighted by molar-refractivity contribution is 7.12. The first-order valence-electron chi connectivity index (χ1n) is 7.55. The third-order valence-corrected chi connectivity index (χ3v) is 5.68. The Hall–Kier alpha value is -1.12. The number of thiophene rings is 1. The lowest BCUT2D eigenvalue weighted by molar-refractivity contribution is 0.672. The maximum Gasteiger partial charge on any atom is 0.0668 e. The van der Waals surface area contributed by atoms with Crippen LogP contribution in [0.3, 0.4) is 0 Å². The Morgan fingerprint density at radius 1 is 1.05 bits per heavy atom. The Morgan fingerprint density at radius 2 is 1.80 bits per heavy atom. The van der Waals surface area contributed by atoms with Crippen molar-refractivity contribution >= 4 is 11.3 Å². The first-order chi connectivity index (χ1) is 9.69. The number of benzene rings is 1. The van der Waals surface area contributed by atoms with Crippen molar-refractivity contribution in [1.82, 2.24) is 5.32 Å². The van der Waals surface area contributed by atoms with Crippen LogP contribution in [0.25, 0.3) is 0 Å². The topological polar surface area (TPSA) is 12.0 Å². The Morgan fingerprint density at radius 3 is 2.45 bits per heavy atom. The highest BCUT2D eigenvalue weighted by atomic mass is 32.1. The van der Waals surface area contributed by atoms with Crippen molar-refractivity contribution < 1.29 is 0 Å². The largest absolute Gasteiger partial charge is 0.309 e. The van der Waals surface area contributed by atoms with E-state index in [1.54, 1.807) is 11.1 Å². The number of hydrogen-bond acceptors (Lipinski definition) is 2. The van der Waals surface area contributed by atoms with Crippen LogP contribution in [0.1, 0.15) is 50.9 Å². The van der Waals surface area contributed by atoms with Gasteiger partial charge in [-0.1, -0.05) is 18.2 Å². The number of aryl methyl sites for hydroxylation is 4. The van der Waals surface area contributed by atoms with Crippen LogP contribution < -0.4 is 5.32 Å². The van der Waals surface area contributed by atoms with E-state index in [2.05, 4.69) is 50.5 Å². The summed E-state index contributed by atoms with van der Waals surface area (Å²) < 4.78 is 0. The molecule has 0 bridgehead atoms. The smallest absolute Gasteiger partial charge is 0.0668 e. The van der Waals surface area contributed by atoms with Crippen LogP contribution in [0.4, 0.5) is 0 Å². The minimum absolute atomic E-state index is 0.333. The normalized spacial score (nSPS) is 15.9. The van der Waals surface area contributed by atoms with Crippen LogP contribution in [0.15, 0.2) is 24.3 Å². The summed E-state index contributed by atoms with van der Waals surface area (Å²) in [5.74, 6) is 0. The number of hydrogen-bond donors (Lipinski definition) is 1. The molecule has 1 N–H and O–H groups in total. The van der Waals surface area contributed by atoms with Crippen LogP contribution >= 0.6 is 11.3 Å². The van der Waals surface area contributed by atoms with E-state index >= 15 is 0 Å². The lowest BCUT2D eigenvalue weighted by atomic mass is 9.89. The molecule has 106 valence electrons. The highest BCUT2D eigenvalue weighted by Gasteiger charge is 2.17. The quantitative estimate of drug-likeness (QED) is 0.872. The van der Waals surface area contributed by atoms with Gasteiger partial charge in [-0.25, -0.2) is 0 Å². The SMILES string of the molecule is CNC(c1ccc2c(c1)CCCC2)c1cc(C)c(C)s1. The molecule has 2 aromatic rings. The summed E-state index contributed by atoms with van der Waals surface area (Å²) in [6.07, 6.45) is 5.21. The molecule has 0 saturated heterocycles. The summed E-state index contributed by atoms with van der Waals surface area (Å²) in [7, 11) is 2.06. The van der Waals surface area contributed by atoms with Crippen molar-refractivity contribution in [3.05, 3.63) is 56.3 Å². The monoisotopic (exact) mass is 285 g/mol. The average Bonchev–Trinajstić information content (AvgIpc) is 2.79. The number of nitrogens with one attached hydrogen (secondary N) is 1. The first-order valence-corrected chi connectivity index (χ1v) is 8.36. The molecule has 3 rings (SSSR count). The summed E-state index contributed by atoms with van der Waals surface area (Å²) >= 11 is 1.92. The Labute approximate surface area is 126 Å². The van der Waals surface area contributed by atoms with Crippen molar-refractivity contribution in [3.8, 4) is 0 Å². The van der Waals surface area contributed by atoms with Gasteiger partial charge in [0.15, 0.2) is 0 Å². The molecular formula is C18H23NS. The Kier molecular flexibility index (Phi) is 3.95. The lowest BCUT2D eigenvalue weighted by Gasteiger charge is -2.20. The average molecular weight is 285 g/mol. The van der Waals surface area contributed by atoms with Gasteiger partial charge in [0, 0.05) is 9.75 Å². The third kappa shape index (κ3) is 2.55. The van der Waals surface area contributed by atoms with Crippen LogP contribution in [0, 0.1) is 13.8 Å². The van der Waals surface area contributed by atoms with Gasteiger partial charge in [0.25, 0.3) is 0 Å². The third-order valence-electron chi connectivity index (χ3n) is 4.46. The van der Waals surface area contributed by atoms with Crippen LogP contribution in [0.2, 0.25) is 0 Å². The molecule has 1 unspecified atom stereocenters. The summed E-state index contributed by atoms with van der Waals surface area (Å²) in [6, 6.07) is 9.76. The summed E-state index contributed by atoms with van der Waals surface area (Å²) in [5.41, 5.74) is 5.95. The lowest BCUT2D eigenvalue weighted by Crippen LogP contribution is -2.17. The molecule has 1 heterocycles. The molecule has 1 aromatic heterocycles. The van der Waals surface area contributed by atoms with Crippen molar-refractivity contribution in [2.45, 2.75) is 45.6 Å². The van der Waals surface area contributed by atoms with E-state index in [4.69, 9.17) is 0 Å². The van der Waals surface area contributed by atoms with Gasteiger partial charge in [0.2, 0.25) is 0 Å². The first kappa shape index (κ1) is 13.8. The molecule has 0 aliphatic heterocycles. The molecule has 1 aliphatic carbocycles. The Balaban J connectivity index is 1.96. The standard InChI is InChI=1S/C18H23NS/c1-12-10-17(20-13(12)2)18(19-3)16-9-8-14-6-4-5-7-15(14)11-16/h8-11,18-19H,4-7H2,1-3H3. The summed E-state index contributed by atoms with van der Waals surface area (Å²) in [6.45, 7) is 4.41. The van der Waals surface area contributed by atoms with Crippen LogP contribution in [-0.2, 0) is 12.8 Å². The van der Waals surface area contributed by atoms with Gasteiger partial charge >= 0.3 is 0 Å². The van der Waals surface area contributed by atoms with E-state index < -0.39 is 0 Å². The van der Waals surface area contributed by atoms with Gasteiger partial charge < -0.3 is 5.32 Å². The van der Waals surface area contributed by atoms with Crippen LogP contribution in [0.5, 0.6) is 0 Å². The van der Waals surface area contributed by atoms with Crippen molar-refractivity contribution in [2.75, 3.05) is 7.05 Å². The second-order valence-electron chi connectivity index (χ2n) is 5.84. The molecular weight excluding hydrogens is 262 g/mol. The van der Waals surface area contributed by atoms with E-state index in [-0.39, 0.29) is 0 Å². The van der Waals surface area contributed by atoms with Crippen molar-refractivity contribution in [1.29, 1.82) is 0 Å². The van der Waals surface area contributed by atoms with E-state index in [9.17, 15) is 0 Å². The second kappa shape index (κ2) is 5.71. The van der Waals surface area contributed by atoms with Gasteiger partial charge in [0.1, 0.15) is 0 Å². The molecule has 0 saturated carbocycles. The van der Waals surface area contributed by atoms with E-state index in [0.717, 1.165) is 0 Å². The number of rotatable bonds is 3. The molecule has 0 radical (unpaired) electrons. The van der Waals surface area contributed by atoms with E-state index in [1.807, 2.05) is 11.3 Å². The molecule has 1 atom stereocenters. The van der Waals surface area contributed by atoms with Crippen LogP contribution in [-0.4, -0.2) is 7.05 Å². The van der Waals surface area contributed by atoms with E-state index in [0.29, 0.717) is 6.04 Å². The maximum absolute atomic E-state index is 3.49. The molecule has 0 amide bonds. The van der Waals surface area contributed by atoms with Gasteiger partial charge in [-0.2, -0.15) is 0 Å². The minimum Gasteiger partial charge on any atom is -0.309 e. The molecule has 1 aliphatic rings. The summed E-state index contributed by atoms with van der Waals surface area (Å²) in [5, 5.41) is 3.49. The fourth-order valence-corrected chi connectivity index (χ4v) is 4.33. The fourth-order valence-electron chi connectivity index (χ4n) is 3.15. The van der Waals surface area contributed by atoms with E-state index in [1.165, 1.54) is 46.6 Å². The predicted octanol–water partition coefficient (Wildman–Crippen LogP) is 4.55. The highest BCUT2D eigenvalue weighted by Crippen LogP contribution is 2.32. The van der Waals surface area contributed by atoms with Gasteiger partial charge in [-0.3, -0.25) is 0 Å². The minimum atomic E-state index is 0.333. The molecule has 1 nitrogen and oxygen atoms in total. The molecule has 0 spiro atoms. The summed E-state index contributed by atoms with van der Waals surface area (Å²) in [4.78, 5) is 2.86. The molecule has 20 heavy (non-hydrogen) atoms. The maximum atomic E-state index is 3.49. The van der Waals surface area contributed by atoms with Gasteiger partial charge in [0.05, 0.1) is 6.04 Å². The zero-order valence-electron chi connectivity index (χ0n) is 12.6. The predicted molar refractivity (Wildman–Crippen MR) is 87.8 cm³/mol. The zero-order chi connectivity index (χ0) is 14.1. The van der Waals surface area contributed by atoms with Crippen molar-refractivity contribution in [3.63, 3.8) is 0 Å². The van der Waals surface area contributed by atoms with Gasteiger partial charge in [-0.05, 0) is 74.9 Å². The van der Waals surface area contributed by atoms with Gasteiger partial charge in [-0.15, -0.1) is 11.3 Å². The fraction of sp³-hybridized carbons (Fsp3) is 0.444. The molecule has 0 fully saturated rings. The second-order valence-corrected chi connectivity index (χ2v) is 7.13. The zero-order valence-corrected chi connectivity index (χ0v) is 13.4. The molecule has 1 aromatic carbocycles. The number of fused-ring (bicyclic) bond motifs is 1. The Bertz CT molecular complexity index is 592.